The van der Waals surface area contributed by atoms with Gasteiger partial charge in [-0.2, -0.15) is 0 Å². The fraction of sp³-hybridized carbons (Fsp3) is 0.174. The number of benzene rings is 3. The lowest BCUT2D eigenvalue weighted by atomic mass is 10.1. The van der Waals surface area contributed by atoms with Crippen molar-refractivity contribution in [2.45, 2.75) is 19.9 Å². The maximum absolute atomic E-state index is 12.2. The quantitative estimate of drug-likeness (QED) is 0.632. The van der Waals surface area contributed by atoms with Crippen LogP contribution >= 0.6 is 0 Å². The summed E-state index contributed by atoms with van der Waals surface area (Å²) >= 11 is 0. The molecule has 0 saturated carbocycles. The van der Waals surface area contributed by atoms with E-state index in [1.165, 1.54) is 6.92 Å². The second-order valence-electron chi connectivity index (χ2n) is 6.78. The number of fused-ring (bicyclic) bond motifs is 1. The molecule has 29 heavy (non-hydrogen) atoms. The first-order chi connectivity index (χ1) is 13.9. The van der Waals surface area contributed by atoms with E-state index in [2.05, 4.69) is 10.6 Å². The summed E-state index contributed by atoms with van der Waals surface area (Å²) in [7, 11) is 0. The van der Waals surface area contributed by atoms with Crippen molar-refractivity contribution in [2.75, 3.05) is 11.9 Å². The Morgan fingerprint density at radius 3 is 2.45 bits per heavy atom. The molecule has 3 aromatic carbocycles. The predicted octanol–water partition coefficient (Wildman–Crippen LogP) is 3.45. The standard InChI is InChI=1S/C23H22N2O4/c1-15-6-5-9-19(12-15)22(27)24-16(2)23(28)29-14-21(26)25-20-11-10-17-7-3-4-8-18(17)13-20/h3-13,16H,14H2,1-2H3,(H,24,27)(H,25,26)/t16-/m0/s1. The van der Waals surface area contributed by atoms with Crippen molar-refractivity contribution < 1.29 is 19.1 Å². The van der Waals surface area contributed by atoms with Gasteiger partial charge in [-0.05, 0) is 48.9 Å². The number of carbonyl (C=O) groups excluding carboxylic acids is 3. The van der Waals surface area contributed by atoms with E-state index >= 15 is 0 Å². The van der Waals surface area contributed by atoms with Gasteiger partial charge in [-0.15, -0.1) is 0 Å². The number of carbonyl (C=O) groups is 3. The molecular weight excluding hydrogens is 368 g/mol. The fourth-order valence-electron chi connectivity index (χ4n) is 2.85. The minimum atomic E-state index is -0.878. The van der Waals surface area contributed by atoms with Gasteiger partial charge in [-0.1, -0.05) is 48.0 Å². The summed E-state index contributed by atoms with van der Waals surface area (Å²) in [5, 5.41) is 7.33. The predicted molar refractivity (Wildman–Crippen MR) is 112 cm³/mol. The topological polar surface area (TPSA) is 84.5 Å². The van der Waals surface area contributed by atoms with Gasteiger partial charge in [0.05, 0.1) is 0 Å². The number of amides is 2. The number of aryl methyl sites for hydroxylation is 1. The van der Waals surface area contributed by atoms with E-state index in [1.807, 2.05) is 49.4 Å². The Balaban J connectivity index is 1.49. The van der Waals surface area contributed by atoms with E-state index in [9.17, 15) is 14.4 Å². The van der Waals surface area contributed by atoms with Crippen molar-refractivity contribution in [3.05, 3.63) is 77.9 Å². The normalized spacial score (nSPS) is 11.5. The number of esters is 1. The van der Waals surface area contributed by atoms with Crippen LogP contribution in [-0.4, -0.2) is 30.4 Å². The summed E-state index contributed by atoms with van der Waals surface area (Å²) in [6.07, 6.45) is 0. The van der Waals surface area contributed by atoms with Crippen LogP contribution in [0.4, 0.5) is 5.69 Å². The third-order valence-electron chi connectivity index (χ3n) is 4.36. The van der Waals surface area contributed by atoms with Gasteiger partial charge in [0.25, 0.3) is 11.8 Å². The van der Waals surface area contributed by atoms with Gasteiger partial charge in [-0.25, -0.2) is 4.79 Å². The number of ether oxygens (including phenoxy) is 1. The molecule has 0 aliphatic heterocycles. The Hall–Kier alpha value is -3.67. The van der Waals surface area contributed by atoms with Gasteiger partial charge in [0.15, 0.2) is 6.61 Å². The highest BCUT2D eigenvalue weighted by molar-refractivity contribution is 5.98. The molecule has 1 atom stereocenters. The number of hydrogen-bond acceptors (Lipinski definition) is 4. The second kappa shape index (κ2) is 9.01. The Bertz CT molecular complexity index is 1060. The van der Waals surface area contributed by atoms with Gasteiger partial charge in [-0.3, -0.25) is 9.59 Å². The first kappa shape index (κ1) is 20.1. The first-order valence-corrected chi connectivity index (χ1v) is 9.25. The summed E-state index contributed by atoms with van der Waals surface area (Å²) in [4.78, 5) is 36.4. The number of hydrogen-bond donors (Lipinski definition) is 2. The van der Waals surface area contributed by atoms with Crippen molar-refractivity contribution in [3.63, 3.8) is 0 Å². The van der Waals surface area contributed by atoms with Crippen LogP contribution < -0.4 is 10.6 Å². The van der Waals surface area contributed by atoms with Crippen LogP contribution in [0, 0.1) is 6.92 Å². The maximum Gasteiger partial charge on any atom is 0.328 e. The van der Waals surface area contributed by atoms with Crippen LogP contribution in [0.1, 0.15) is 22.8 Å². The maximum atomic E-state index is 12.2. The van der Waals surface area contributed by atoms with Crippen molar-refractivity contribution >= 4 is 34.2 Å². The van der Waals surface area contributed by atoms with Crippen molar-refractivity contribution in [1.82, 2.24) is 5.32 Å². The average Bonchev–Trinajstić information content (AvgIpc) is 2.71. The highest BCUT2D eigenvalue weighted by Gasteiger charge is 2.19. The third kappa shape index (κ3) is 5.42. The second-order valence-corrected chi connectivity index (χ2v) is 6.78. The molecule has 0 aliphatic rings. The summed E-state index contributed by atoms with van der Waals surface area (Å²) < 4.78 is 5.02. The van der Waals surface area contributed by atoms with Crippen LogP contribution in [0.3, 0.4) is 0 Å². The molecule has 3 aromatic rings. The molecule has 0 radical (unpaired) electrons. The average molecular weight is 390 g/mol. The minimum Gasteiger partial charge on any atom is -0.454 e. The highest BCUT2D eigenvalue weighted by atomic mass is 16.5. The third-order valence-corrected chi connectivity index (χ3v) is 4.36. The minimum absolute atomic E-state index is 0.376. The van der Waals surface area contributed by atoms with Gasteiger partial charge in [0, 0.05) is 11.3 Å². The summed E-state index contributed by atoms with van der Waals surface area (Å²) in [6.45, 7) is 2.95. The van der Waals surface area contributed by atoms with E-state index in [1.54, 1.807) is 24.3 Å². The summed E-state index contributed by atoms with van der Waals surface area (Å²) in [5.41, 5.74) is 2.02. The molecule has 3 rings (SSSR count). The highest BCUT2D eigenvalue weighted by Crippen LogP contribution is 2.18. The van der Waals surface area contributed by atoms with Gasteiger partial charge >= 0.3 is 5.97 Å². The van der Waals surface area contributed by atoms with Crippen molar-refractivity contribution in [2.24, 2.45) is 0 Å². The molecule has 0 fully saturated rings. The molecule has 2 amide bonds. The molecule has 148 valence electrons. The van der Waals surface area contributed by atoms with E-state index in [0.29, 0.717) is 11.3 Å². The summed E-state index contributed by atoms with van der Waals surface area (Å²) in [5.74, 6) is -1.51. The van der Waals surface area contributed by atoms with E-state index in [-0.39, 0.29) is 5.91 Å². The van der Waals surface area contributed by atoms with Crippen molar-refractivity contribution in [3.8, 4) is 0 Å². The molecule has 0 bridgehead atoms. The van der Waals surface area contributed by atoms with E-state index < -0.39 is 24.5 Å². The lowest BCUT2D eigenvalue weighted by Gasteiger charge is -2.14. The zero-order valence-corrected chi connectivity index (χ0v) is 16.3. The lowest BCUT2D eigenvalue weighted by Crippen LogP contribution is -2.40. The largest absolute Gasteiger partial charge is 0.454 e. The number of rotatable bonds is 6. The van der Waals surface area contributed by atoms with Gasteiger partial charge in [0.2, 0.25) is 0 Å². The molecule has 0 heterocycles. The first-order valence-electron chi connectivity index (χ1n) is 9.25. The Kier molecular flexibility index (Phi) is 6.24. The van der Waals surface area contributed by atoms with Crippen LogP contribution in [0.25, 0.3) is 10.8 Å². The number of nitrogens with one attached hydrogen (secondary N) is 2. The van der Waals surface area contributed by atoms with Crippen LogP contribution in [0.5, 0.6) is 0 Å². The Morgan fingerprint density at radius 2 is 1.69 bits per heavy atom. The molecule has 0 saturated heterocycles. The van der Waals surface area contributed by atoms with Crippen LogP contribution in [0.2, 0.25) is 0 Å². The monoisotopic (exact) mass is 390 g/mol. The zero-order chi connectivity index (χ0) is 20.8. The Labute approximate surface area is 168 Å². The van der Waals surface area contributed by atoms with Crippen LogP contribution in [0.15, 0.2) is 66.7 Å². The molecule has 0 aliphatic carbocycles. The van der Waals surface area contributed by atoms with Gasteiger partial charge < -0.3 is 15.4 Å². The van der Waals surface area contributed by atoms with Crippen molar-refractivity contribution in [1.29, 1.82) is 0 Å². The molecule has 6 heteroatoms. The molecule has 0 spiro atoms. The molecule has 0 aromatic heterocycles. The molecule has 0 unspecified atom stereocenters. The molecular formula is C23H22N2O4. The Morgan fingerprint density at radius 1 is 0.931 bits per heavy atom. The van der Waals surface area contributed by atoms with E-state index in [4.69, 9.17) is 4.74 Å². The van der Waals surface area contributed by atoms with Crippen LogP contribution in [-0.2, 0) is 14.3 Å². The molecule has 2 N–H and O–H groups in total. The zero-order valence-electron chi connectivity index (χ0n) is 16.3. The lowest BCUT2D eigenvalue weighted by molar-refractivity contribution is -0.148. The van der Waals surface area contributed by atoms with Gasteiger partial charge in [0.1, 0.15) is 6.04 Å². The molecule has 6 nitrogen and oxygen atoms in total. The number of anilines is 1. The summed E-state index contributed by atoms with van der Waals surface area (Å²) in [6, 6.07) is 19.5. The SMILES string of the molecule is Cc1cccc(C(=O)N[C@@H](C)C(=O)OCC(=O)Nc2ccc3ccccc3c2)c1. The fourth-order valence-corrected chi connectivity index (χ4v) is 2.85. The van der Waals surface area contributed by atoms with E-state index in [0.717, 1.165) is 16.3 Å². The smallest absolute Gasteiger partial charge is 0.328 e.